The van der Waals surface area contributed by atoms with Crippen LogP contribution in [-0.4, -0.2) is 38.8 Å². The molecule has 0 amide bonds. The van der Waals surface area contributed by atoms with Crippen LogP contribution < -0.4 is 0 Å². The maximum Gasteiger partial charge on any atom is 0.339 e. The second-order valence-electron chi connectivity index (χ2n) is 7.53. The lowest BCUT2D eigenvalue weighted by Gasteiger charge is -2.35. The van der Waals surface area contributed by atoms with Gasteiger partial charge in [-0.25, -0.2) is 4.79 Å². The van der Waals surface area contributed by atoms with Crippen molar-refractivity contribution in [2.75, 3.05) is 13.1 Å². The van der Waals surface area contributed by atoms with Crippen LogP contribution >= 0.6 is 0 Å². The van der Waals surface area contributed by atoms with Gasteiger partial charge in [0.05, 0.1) is 17.4 Å². The zero-order valence-corrected chi connectivity index (χ0v) is 13.8. The van der Waals surface area contributed by atoms with Crippen LogP contribution in [0.2, 0.25) is 0 Å². The molecule has 1 aliphatic rings. The van der Waals surface area contributed by atoms with Gasteiger partial charge in [0, 0.05) is 19.6 Å². The second kappa shape index (κ2) is 5.79. The van der Waals surface area contributed by atoms with Gasteiger partial charge in [-0.1, -0.05) is 13.8 Å². The fraction of sp³-hybridized carbons (Fsp3) is 0.750. The molecule has 0 aromatic carbocycles. The van der Waals surface area contributed by atoms with Crippen molar-refractivity contribution >= 4 is 5.97 Å². The molecule has 2 atom stereocenters. The molecule has 2 unspecified atom stereocenters. The van der Waals surface area contributed by atoms with E-state index in [0.717, 1.165) is 18.8 Å². The van der Waals surface area contributed by atoms with Crippen molar-refractivity contribution in [2.45, 2.75) is 53.1 Å². The molecule has 5 heteroatoms. The Morgan fingerprint density at radius 2 is 1.90 bits per heavy atom. The van der Waals surface area contributed by atoms with Crippen LogP contribution in [0.1, 0.15) is 57.1 Å². The highest BCUT2D eigenvalue weighted by Gasteiger charge is 2.28. The predicted molar refractivity (Wildman–Crippen MR) is 82.4 cm³/mol. The standard InChI is InChI=1S/C16H27N3O2/c1-11-6-12(2)9-18(8-11)10-14-13(15(20)21)7-17-19(14)16(3,4)5/h7,11-12H,6,8-10H2,1-5H3,(H,20,21). The number of hydrogen-bond acceptors (Lipinski definition) is 3. The number of nitrogens with zero attached hydrogens (tertiary/aromatic N) is 3. The molecular formula is C16H27N3O2. The lowest BCUT2D eigenvalue weighted by atomic mass is 9.91. The fourth-order valence-electron chi connectivity index (χ4n) is 3.42. The van der Waals surface area contributed by atoms with E-state index in [9.17, 15) is 9.90 Å². The predicted octanol–water partition coefficient (Wildman–Crippen LogP) is 2.81. The van der Waals surface area contributed by atoms with Gasteiger partial charge in [0.15, 0.2) is 0 Å². The number of likely N-dealkylation sites (tertiary alicyclic amines) is 1. The van der Waals surface area contributed by atoms with Crippen molar-refractivity contribution < 1.29 is 9.90 Å². The molecule has 1 saturated heterocycles. The van der Waals surface area contributed by atoms with Gasteiger partial charge in [-0.05, 0) is 39.0 Å². The summed E-state index contributed by atoms with van der Waals surface area (Å²) in [5.41, 5.74) is 0.933. The summed E-state index contributed by atoms with van der Waals surface area (Å²) >= 11 is 0. The Balaban J connectivity index is 2.29. The summed E-state index contributed by atoms with van der Waals surface area (Å²) in [4.78, 5) is 13.8. The van der Waals surface area contributed by atoms with E-state index in [1.165, 1.54) is 12.6 Å². The molecule has 21 heavy (non-hydrogen) atoms. The first kappa shape index (κ1) is 16.0. The molecule has 1 N–H and O–H groups in total. The van der Waals surface area contributed by atoms with Crippen molar-refractivity contribution in [2.24, 2.45) is 11.8 Å². The van der Waals surface area contributed by atoms with Gasteiger partial charge in [-0.15, -0.1) is 0 Å². The summed E-state index contributed by atoms with van der Waals surface area (Å²) in [6.07, 6.45) is 2.74. The molecular weight excluding hydrogens is 266 g/mol. The Morgan fingerprint density at radius 3 is 2.38 bits per heavy atom. The minimum Gasteiger partial charge on any atom is -0.478 e. The van der Waals surface area contributed by atoms with Crippen molar-refractivity contribution in [3.8, 4) is 0 Å². The molecule has 0 radical (unpaired) electrons. The largest absolute Gasteiger partial charge is 0.478 e. The first-order valence-corrected chi connectivity index (χ1v) is 7.71. The number of carboxylic acids is 1. The number of hydrogen-bond donors (Lipinski definition) is 1. The van der Waals surface area contributed by atoms with Crippen LogP contribution in [0.15, 0.2) is 6.20 Å². The number of carbonyl (C=O) groups is 1. The Labute approximate surface area is 126 Å². The fourth-order valence-corrected chi connectivity index (χ4v) is 3.42. The molecule has 118 valence electrons. The summed E-state index contributed by atoms with van der Waals surface area (Å²) in [5.74, 6) is 0.430. The van der Waals surface area contributed by atoms with Crippen molar-refractivity contribution in [1.29, 1.82) is 0 Å². The Morgan fingerprint density at radius 1 is 1.33 bits per heavy atom. The molecule has 2 heterocycles. The molecule has 1 aliphatic heterocycles. The molecule has 1 aromatic heterocycles. The topological polar surface area (TPSA) is 58.4 Å². The van der Waals surface area contributed by atoms with E-state index in [1.807, 2.05) is 4.68 Å². The van der Waals surface area contributed by atoms with Gasteiger partial charge >= 0.3 is 5.97 Å². The van der Waals surface area contributed by atoms with Gasteiger partial charge in [0.25, 0.3) is 0 Å². The molecule has 1 aromatic rings. The van der Waals surface area contributed by atoms with Crippen LogP contribution in [-0.2, 0) is 12.1 Å². The van der Waals surface area contributed by atoms with E-state index < -0.39 is 5.97 Å². The lowest BCUT2D eigenvalue weighted by molar-refractivity contribution is 0.0691. The minimum absolute atomic E-state index is 0.212. The van der Waals surface area contributed by atoms with E-state index in [2.05, 4.69) is 44.6 Å². The summed E-state index contributed by atoms with van der Waals surface area (Å²) in [7, 11) is 0. The van der Waals surface area contributed by atoms with E-state index in [4.69, 9.17) is 0 Å². The molecule has 0 saturated carbocycles. The SMILES string of the molecule is CC1CC(C)CN(Cc2c(C(=O)O)cnn2C(C)(C)C)C1. The summed E-state index contributed by atoms with van der Waals surface area (Å²) in [5, 5.41) is 13.7. The van der Waals surface area contributed by atoms with Gasteiger partial charge < -0.3 is 5.11 Å². The first-order chi connectivity index (χ1) is 9.68. The number of aromatic nitrogens is 2. The van der Waals surface area contributed by atoms with Crippen LogP contribution in [0.5, 0.6) is 0 Å². The summed E-state index contributed by atoms with van der Waals surface area (Å²) in [6, 6.07) is 0. The highest BCUT2D eigenvalue weighted by atomic mass is 16.4. The van der Waals surface area contributed by atoms with Crippen molar-refractivity contribution in [3.63, 3.8) is 0 Å². The zero-order chi connectivity index (χ0) is 15.8. The van der Waals surface area contributed by atoms with E-state index in [1.54, 1.807) is 0 Å². The third-order valence-electron chi connectivity index (χ3n) is 4.05. The van der Waals surface area contributed by atoms with Gasteiger partial charge in [-0.2, -0.15) is 5.10 Å². The van der Waals surface area contributed by atoms with Crippen LogP contribution in [0.3, 0.4) is 0 Å². The average Bonchev–Trinajstić information content (AvgIpc) is 2.70. The maximum atomic E-state index is 11.5. The minimum atomic E-state index is -0.890. The summed E-state index contributed by atoms with van der Waals surface area (Å²) in [6.45, 7) is 13.4. The summed E-state index contributed by atoms with van der Waals surface area (Å²) < 4.78 is 1.86. The van der Waals surface area contributed by atoms with Crippen molar-refractivity contribution in [1.82, 2.24) is 14.7 Å². The lowest BCUT2D eigenvalue weighted by Crippen LogP contribution is -2.39. The van der Waals surface area contributed by atoms with Gasteiger partial charge in [0.1, 0.15) is 5.56 Å². The van der Waals surface area contributed by atoms with Crippen LogP contribution in [0, 0.1) is 11.8 Å². The Bertz CT molecular complexity index is 506. The van der Waals surface area contributed by atoms with E-state index in [-0.39, 0.29) is 5.54 Å². The monoisotopic (exact) mass is 293 g/mol. The number of aromatic carboxylic acids is 1. The van der Waals surface area contributed by atoms with Gasteiger partial charge in [-0.3, -0.25) is 9.58 Å². The molecule has 1 fully saturated rings. The second-order valence-corrected chi connectivity index (χ2v) is 7.53. The number of carboxylic acid groups (broad SMARTS) is 1. The van der Waals surface area contributed by atoms with Gasteiger partial charge in [0.2, 0.25) is 0 Å². The van der Waals surface area contributed by atoms with Crippen LogP contribution in [0.25, 0.3) is 0 Å². The molecule has 5 nitrogen and oxygen atoms in total. The molecule has 0 aliphatic carbocycles. The third kappa shape index (κ3) is 3.64. The Kier molecular flexibility index (Phi) is 4.42. The van der Waals surface area contributed by atoms with E-state index >= 15 is 0 Å². The number of piperidine rings is 1. The van der Waals surface area contributed by atoms with E-state index in [0.29, 0.717) is 23.9 Å². The third-order valence-corrected chi connectivity index (χ3v) is 4.05. The smallest absolute Gasteiger partial charge is 0.339 e. The number of rotatable bonds is 3. The quantitative estimate of drug-likeness (QED) is 0.931. The molecule has 2 rings (SSSR count). The van der Waals surface area contributed by atoms with Crippen LogP contribution in [0.4, 0.5) is 0 Å². The van der Waals surface area contributed by atoms with Crippen molar-refractivity contribution in [3.05, 3.63) is 17.5 Å². The normalized spacial score (nSPS) is 24.2. The maximum absolute atomic E-state index is 11.5. The highest BCUT2D eigenvalue weighted by molar-refractivity contribution is 5.88. The molecule has 0 bridgehead atoms. The zero-order valence-electron chi connectivity index (χ0n) is 13.8. The first-order valence-electron chi connectivity index (χ1n) is 7.71. The Hall–Kier alpha value is -1.36. The average molecular weight is 293 g/mol. The highest BCUT2D eigenvalue weighted by Crippen LogP contribution is 2.25. The molecule has 0 spiro atoms.